The van der Waals surface area contributed by atoms with E-state index in [9.17, 15) is 9.59 Å². The van der Waals surface area contributed by atoms with Crippen molar-refractivity contribution in [3.8, 4) is 0 Å². The molecule has 7 nitrogen and oxygen atoms in total. The lowest BCUT2D eigenvalue weighted by Gasteiger charge is -2.35. The zero-order valence-electron chi connectivity index (χ0n) is 19.9. The summed E-state index contributed by atoms with van der Waals surface area (Å²) in [5.74, 6) is 0.0307. The third-order valence-corrected chi connectivity index (χ3v) is 6.46. The van der Waals surface area contributed by atoms with Crippen molar-refractivity contribution in [1.29, 1.82) is 0 Å². The molecule has 0 spiro atoms. The van der Waals surface area contributed by atoms with Gasteiger partial charge < -0.3 is 25.2 Å². The van der Waals surface area contributed by atoms with Crippen LogP contribution in [0, 0.1) is 0 Å². The van der Waals surface area contributed by atoms with E-state index in [1.54, 1.807) is 0 Å². The number of hydrogen-bond acceptors (Lipinski definition) is 4. The summed E-state index contributed by atoms with van der Waals surface area (Å²) in [6.45, 7) is 11.0. The van der Waals surface area contributed by atoms with Crippen LogP contribution in [0.4, 0.5) is 4.79 Å². The van der Waals surface area contributed by atoms with Gasteiger partial charge in [-0.25, -0.2) is 4.79 Å². The van der Waals surface area contributed by atoms with Gasteiger partial charge in [0.25, 0.3) is 5.91 Å². The van der Waals surface area contributed by atoms with Crippen molar-refractivity contribution < 1.29 is 14.3 Å². The minimum atomic E-state index is -0.146. The van der Waals surface area contributed by atoms with E-state index in [0.717, 1.165) is 24.9 Å². The fourth-order valence-electron chi connectivity index (χ4n) is 4.67. The second-order valence-corrected chi connectivity index (χ2v) is 9.36. The average Bonchev–Trinajstić information content (AvgIpc) is 2.78. The van der Waals surface area contributed by atoms with Crippen LogP contribution < -0.4 is 10.6 Å². The molecular weight excluding hydrogens is 404 g/mol. The van der Waals surface area contributed by atoms with Gasteiger partial charge in [0.1, 0.15) is 0 Å². The topological polar surface area (TPSA) is 73.9 Å². The number of unbranched alkanes of at least 4 members (excludes halogenated alkanes) is 1. The van der Waals surface area contributed by atoms with Gasteiger partial charge in [-0.1, -0.05) is 18.6 Å². The standard InChI is InChI=1S/C25H40N4O3/c1-19-8-4-6-14-28(19)15-7-5-13-26-25(31)27-16-22-9-11-23(12-10-22)24(30)29-17-20(2)32-21(3)18-29/h9-12,19-21H,4-8,13-18H2,1-3H3,(H2,26,27,31)/t19-,20-,21-/m1/s1. The van der Waals surface area contributed by atoms with E-state index >= 15 is 0 Å². The summed E-state index contributed by atoms with van der Waals surface area (Å²) in [6, 6.07) is 8.03. The van der Waals surface area contributed by atoms with Crippen LogP contribution in [0.25, 0.3) is 0 Å². The third-order valence-electron chi connectivity index (χ3n) is 6.46. The molecular formula is C25H40N4O3. The van der Waals surface area contributed by atoms with Crippen molar-refractivity contribution in [2.24, 2.45) is 0 Å². The molecule has 0 aliphatic carbocycles. The predicted octanol–water partition coefficient (Wildman–Crippen LogP) is 3.39. The lowest BCUT2D eigenvalue weighted by molar-refractivity contribution is -0.0586. The Morgan fingerprint density at radius 1 is 1.00 bits per heavy atom. The van der Waals surface area contributed by atoms with Gasteiger partial charge in [0.2, 0.25) is 0 Å². The zero-order chi connectivity index (χ0) is 22.9. The maximum atomic E-state index is 12.7. The normalized spacial score (nSPS) is 24.2. The third kappa shape index (κ3) is 7.48. The van der Waals surface area contributed by atoms with Crippen LogP contribution >= 0.6 is 0 Å². The van der Waals surface area contributed by atoms with Gasteiger partial charge in [0.05, 0.1) is 12.2 Å². The van der Waals surface area contributed by atoms with Gasteiger partial charge in [-0.3, -0.25) is 4.79 Å². The molecule has 7 heteroatoms. The summed E-state index contributed by atoms with van der Waals surface area (Å²) in [5.41, 5.74) is 1.64. The van der Waals surface area contributed by atoms with Crippen LogP contribution in [-0.2, 0) is 11.3 Å². The van der Waals surface area contributed by atoms with Crippen molar-refractivity contribution >= 4 is 11.9 Å². The van der Waals surface area contributed by atoms with Gasteiger partial charge in [-0.05, 0) is 77.2 Å². The van der Waals surface area contributed by atoms with Crippen LogP contribution in [-0.4, -0.2) is 72.7 Å². The Bertz CT molecular complexity index is 729. The van der Waals surface area contributed by atoms with Gasteiger partial charge in [-0.15, -0.1) is 0 Å². The first-order chi connectivity index (χ1) is 15.4. The SMILES string of the molecule is C[C@@H]1CN(C(=O)c2ccc(CNC(=O)NCCCCN3CCCC[C@H]3C)cc2)C[C@@H](C)O1. The smallest absolute Gasteiger partial charge is 0.315 e. The molecule has 2 saturated heterocycles. The van der Waals surface area contributed by atoms with Crippen molar-refractivity contribution in [2.45, 2.75) is 77.7 Å². The van der Waals surface area contributed by atoms with E-state index in [2.05, 4.69) is 22.5 Å². The molecule has 0 radical (unpaired) electrons. The molecule has 32 heavy (non-hydrogen) atoms. The van der Waals surface area contributed by atoms with Crippen molar-refractivity contribution in [3.05, 3.63) is 35.4 Å². The van der Waals surface area contributed by atoms with Crippen LogP contribution in [0.5, 0.6) is 0 Å². The van der Waals surface area contributed by atoms with Gasteiger partial charge in [0.15, 0.2) is 0 Å². The number of carbonyl (C=O) groups is 2. The number of ether oxygens (including phenoxy) is 1. The summed E-state index contributed by atoms with van der Waals surface area (Å²) in [4.78, 5) is 29.2. The van der Waals surface area contributed by atoms with E-state index in [4.69, 9.17) is 4.74 Å². The molecule has 178 valence electrons. The largest absolute Gasteiger partial charge is 0.372 e. The Kier molecular flexibility index (Phi) is 9.36. The minimum Gasteiger partial charge on any atom is -0.372 e. The van der Waals surface area contributed by atoms with Crippen LogP contribution in [0.3, 0.4) is 0 Å². The molecule has 0 aromatic heterocycles. The van der Waals surface area contributed by atoms with E-state index in [1.807, 2.05) is 43.0 Å². The van der Waals surface area contributed by atoms with Crippen LogP contribution in [0.1, 0.15) is 68.8 Å². The quantitative estimate of drug-likeness (QED) is 0.603. The molecule has 3 atom stereocenters. The number of nitrogens with zero attached hydrogens (tertiary/aromatic N) is 2. The van der Waals surface area contributed by atoms with Crippen molar-refractivity contribution in [1.82, 2.24) is 20.4 Å². The van der Waals surface area contributed by atoms with Crippen LogP contribution in [0.15, 0.2) is 24.3 Å². The highest BCUT2D eigenvalue weighted by Crippen LogP contribution is 2.17. The number of amides is 3. The molecule has 3 rings (SSSR count). The first-order valence-corrected chi connectivity index (χ1v) is 12.2. The number of rotatable bonds is 8. The number of piperidine rings is 1. The number of hydrogen-bond donors (Lipinski definition) is 2. The molecule has 1 aromatic carbocycles. The Morgan fingerprint density at radius 2 is 1.72 bits per heavy atom. The van der Waals surface area contributed by atoms with E-state index in [0.29, 0.717) is 37.8 Å². The molecule has 0 bridgehead atoms. The Hall–Kier alpha value is -2.12. The highest BCUT2D eigenvalue weighted by molar-refractivity contribution is 5.94. The zero-order valence-corrected chi connectivity index (χ0v) is 19.9. The number of urea groups is 1. The fourth-order valence-corrected chi connectivity index (χ4v) is 4.67. The maximum Gasteiger partial charge on any atom is 0.315 e. The second-order valence-electron chi connectivity index (χ2n) is 9.36. The number of morpholine rings is 1. The fraction of sp³-hybridized carbons (Fsp3) is 0.680. The first-order valence-electron chi connectivity index (χ1n) is 12.2. The first kappa shape index (κ1) is 24.5. The summed E-state index contributed by atoms with van der Waals surface area (Å²) in [7, 11) is 0. The summed E-state index contributed by atoms with van der Waals surface area (Å²) in [6.07, 6.45) is 6.18. The predicted molar refractivity (Wildman–Crippen MR) is 127 cm³/mol. The average molecular weight is 445 g/mol. The molecule has 2 fully saturated rings. The Labute approximate surface area is 192 Å². The van der Waals surface area contributed by atoms with Crippen molar-refractivity contribution in [2.75, 3.05) is 32.7 Å². The summed E-state index contributed by atoms with van der Waals surface area (Å²) >= 11 is 0. The molecule has 3 amide bonds. The Morgan fingerprint density at radius 3 is 2.41 bits per heavy atom. The van der Waals surface area contributed by atoms with Crippen molar-refractivity contribution in [3.63, 3.8) is 0 Å². The van der Waals surface area contributed by atoms with Gasteiger partial charge >= 0.3 is 6.03 Å². The molecule has 1 aromatic rings. The van der Waals surface area contributed by atoms with Gasteiger partial charge in [0, 0.05) is 37.8 Å². The number of likely N-dealkylation sites (tertiary alicyclic amines) is 1. The highest BCUT2D eigenvalue weighted by atomic mass is 16.5. The molecule has 2 aliphatic heterocycles. The number of benzene rings is 1. The molecule has 0 saturated carbocycles. The minimum absolute atomic E-state index is 0.0307. The lowest BCUT2D eigenvalue weighted by atomic mass is 10.0. The monoisotopic (exact) mass is 444 g/mol. The maximum absolute atomic E-state index is 12.7. The van der Waals surface area contributed by atoms with E-state index in [-0.39, 0.29) is 24.1 Å². The molecule has 2 heterocycles. The number of nitrogens with one attached hydrogen (secondary N) is 2. The number of carbonyl (C=O) groups excluding carboxylic acids is 2. The Balaban J connectivity index is 1.32. The summed E-state index contributed by atoms with van der Waals surface area (Å²) in [5, 5.41) is 5.84. The molecule has 2 N–H and O–H groups in total. The van der Waals surface area contributed by atoms with Crippen LogP contribution in [0.2, 0.25) is 0 Å². The second kappa shape index (κ2) is 12.2. The summed E-state index contributed by atoms with van der Waals surface area (Å²) < 4.78 is 5.71. The van der Waals surface area contributed by atoms with Gasteiger partial charge in [-0.2, -0.15) is 0 Å². The highest BCUT2D eigenvalue weighted by Gasteiger charge is 2.26. The van der Waals surface area contributed by atoms with E-state index < -0.39 is 0 Å². The lowest BCUT2D eigenvalue weighted by Crippen LogP contribution is -2.48. The molecule has 0 unspecified atom stereocenters. The molecule has 2 aliphatic rings. The van der Waals surface area contributed by atoms with E-state index in [1.165, 1.54) is 25.8 Å².